The number of carbonyl (C=O) groups excluding carboxylic acids is 1. The minimum absolute atomic E-state index is 0.122. The predicted molar refractivity (Wildman–Crippen MR) is 51.3 cm³/mol. The maximum atomic E-state index is 11.3. The molecular weight excluding hydrogens is 157 g/mol. The van der Waals surface area contributed by atoms with Crippen molar-refractivity contribution in [3.05, 3.63) is 10.9 Å². The standard InChI is InChI=1S/C8H16NOP/c1-6(7(2)11-5)8(10)9(3)4/h11H,1-5H3/b7-6-. The number of nitrogens with zero attached hydrogens (tertiary/aromatic N) is 1. The van der Waals surface area contributed by atoms with E-state index in [9.17, 15) is 4.79 Å². The molecule has 0 aromatic carbocycles. The van der Waals surface area contributed by atoms with E-state index in [0.717, 1.165) is 14.2 Å². The first kappa shape index (κ1) is 10.6. The van der Waals surface area contributed by atoms with Crippen LogP contribution in [0.25, 0.3) is 0 Å². The first-order valence-corrected chi connectivity index (χ1v) is 5.07. The molecule has 2 nitrogen and oxygen atoms in total. The lowest BCUT2D eigenvalue weighted by Crippen LogP contribution is -2.22. The summed E-state index contributed by atoms with van der Waals surface area (Å²) in [6, 6.07) is 0. The molecule has 1 unspecified atom stereocenters. The Morgan fingerprint density at radius 1 is 1.27 bits per heavy atom. The molecule has 0 saturated heterocycles. The van der Waals surface area contributed by atoms with E-state index in [4.69, 9.17) is 0 Å². The SMILES string of the molecule is CP/C(C)=C(/C)C(=O)N(C)C. The Morgan fingerprint density at radius 3 is 2.00 bits per heavy atom. The summed E-state index contributed by atoms with van der Waals surface area (Å²) in [5.74, 6) is 0.122. The van der Waals surface area contributed by atoms with Gasteiger partial charge in [0.1, 0.15) is 0 Å². The number of rotatable bonds is 2. The van der Waals surface area contributed by atoms with Crippen LogP contribution in [0.5, 0.6) is 0 Å². The molecule has 3 heteroatoms. The number of likely N-dealkylation sites (N-methyl/N-ethyl adjacent to an activating group) is 1. The van der Waals surface area contributed by atoms with Crippen molar-refractivity contribution >= 4 is 14.5 Å². The zero-order valence-electron chi connectivity index (χ0n) is 7.86. The Hall–Kier alpha value is -0.360. The number of hydrogen-bond donors (Lipinski definition) is 0. The minimum atomic E-state index is 0.122. The van der Waals surface area contributed by atoms with Crippen LogP contribution in [-0.2, 0) is 4.79 Å². The highest BCUT2D eigenvalue weighted by Gasteiger charge is 2.07. The van der Waals surface area contributed by atoms with E-state index in [0.29, 0.717) is 0 Å². The van der Waals surface area contributed by atoms with Gasteiger partial charge in [-0.15, -0.1) is 0 Å². The van der Waals surface area contributed by atoms with Crippen molar-refractivity contribution in [2.75, 3.05) is 20.8 Å². The van der Waals surface area contributed by atoms with Crippen LogP contribution in [-0.4, -0.2) is 31.6 Å². The van der Waals surface area contributed by atoms with Gasteiger partial charge in [-0.25, -0.2) is 0 Å². The van der Waals surface area contributed by atoms with Gasteiger partial charge in [-0.1, -0.05) is 8.58 Å². The fourth-order valence-corrected chi connectivity index (χ4v) is 1.17. The van der Waals surface area contributed by atoms with Crippen molar-refractivity contribution in [3.8, 4) is 0 Å². The number of hydrogen-bond acceptors (Lipinski definition) is 1. The molecule has 0 aliphatic heterocycles. The van der Waals surface area contributed by atoms with E-state index in [-0.39, 0.29) is 5.91 Å². The molecule has 0 saturated carbocycles. The van der Waals surface area contributed by atoms with Crippen LogP contribution in [0.4, 0.5) is 0 Å². The van der Waals surface area contributed by atoms with E-state index in [1.54, 1.807) is 19.0 Å². The lowest BCUT2D eigenvalue weighted by Gasteiger charge is -2.12. The summed E-state index contributed by atoms with van der Waals surface area (Å²) in [4.78, 5) is 12.9. The number of carbonyl (C=O) groups is 1. The molecule has 1 amide bonds. The Bertz CT molecular complexity index is 185. The third kappa shape index (κ3) is 3.02. The topological polar surface area (TPSA) is 20.3 Å². The van der Waals surface area contributed by atoms with Crippen LogP contribution in [0.3, 0.4) is 0 Å². The van der Waals surface area contributed by atoms with Gasteiger partial charge in [0.2, 0.25) is 5.91 Å². The lowest BCUT2D eigenvalue weighted by molar-refractivity contribution is -0.124. The van der Waals surface area contributed by atoms with Gasteiger partial charge in [-0.3, -0.25) is 4.79 Å². The Labute approximate surface area is 70.4 Å². The zero-order valence-corrected chi connectivity index (χ0v) is 8.86. The zero-order chi connectivity index (χ0) is 9.02. The summed E-state index contributed by atoms with van der Waals surface area (Å²) in [6.07, 6.45) is 0. The average molecular weight is 173 g/mol. The van der Waals surface area contributed by atoms with Crippen molar-refractivity contribution in [1.29, 1.82) is 0 Å². The molecule has 0 N–H and O–H groups in total. The summed E-state index contributed by atoms with van der Waals surface area (Å²) < 4.78 is 0. The molecule has 11 heavy (non-hydrogen) atoms. The molecule has 0 heterocycles. The van der Waals surface area contributed by atoms with Gasteiger partial charge < -0.3 is 4.90 Å². The quantitative estimate of drug-likeness (QED) is 0.459. The third-order valence-corrected chi connectivity index (χ3v) is 2.79. The lowest BCUT2D eigenvalue weighted by atomic mass is 10.2. The largest absolute Gasteiger partial charge is 0.345 e. The third-order valence-electron chi connectivity index (χ3n) is 1.66. The van der Waals surface area contributed by atoms with E-state index >= 15 is 0 Å². The Morgan fingerprint density at radius 2 is 1.73 bits per heavy atom. The first-order chi connectivity index (χ1) is 5.00. The molecule has 1 atom stereocenters. The normalized spacial score (nSPS) is 13.5. The number of allylic oxidation sites excluding steroid dienone is 1. The smallest absolute Gasteiger partial charge is 0.249 e. The maximum Gasteiger partial charge on any atom is 0.249 e. The van der Waals surface area contributed by atoms with Crippen LogP contribution in [0, 0.1) is 0 Å². The molecule has 0 fully saturated rings. The van der Waals surface area contributed by atoms with E-state index in [1.165, 1.54) is 5.31 Å². The van der Waals surface area contributed by atoms with Crippen LogP contribution in [0.2, 0.25) is 0 Å². The van der Waals surface area contributed by atoms with Gasteiger partial charge in [-0.2, -0.15) is 0 Å². The Balaban J connectivity index is 4.47. The van der Waals surface area contributed by atoms with Gasteiger partial charge in [-0.05, 0) is 25.8 Å². The molecule has 0 aromatic heterocycles. The predicted octanol–water partition coefficient (Wildman–Crippen LogP) is 1.68. The summed E-state index contributed by atoms with van der Waals surface area (Å²) in [5.41, 5.74) is 0.885. The van der Waals surface area contributed by atoms with Crippen LogP contribution in [0.1, 0.15) is 13.8 Å². The first-order valence-electron chi connectivity index (χ1n) is 3.57. The maximum absolute atomic E-state index is 11.3. The highest BCUT2D eigenvalue weighted by molar-refractivity contribution is 7.42. The van der Waals surface area contributed by atoms with E-state index in [1.807, 2.05) is 13.8 Å². The van der Waals surface area contributed by atoms with Gasteiger partial charge in [0, 0.05) is 19.7 Å². The minimum Gasteiger partial charge on any atom is -0.345 e. The molecule has 0 bridgehead atoms. The fourth-order valence-electron chi connectivity index (χ4n) is 0.683. The van der Waals surface area contributed by atoms with Gasteiger partial charge >= 0.3 is 0 Å². The number of amides is 1. The van der Waals surface area contributed by atoms with Crippen molar-refractivity contribution < 1.29 is 4.79 Å². The molecule has 0 spiro atoms. The van der Waals surface area contributed by atoms with Crippen LogP contribution >= 0.6 is 8.58 Å². The van der Waals surface area contributed by atoms with Crippen molar-refractivity contribution in [1.82, 2.24) is 4.90 Å². The second-order valence-corrected chi connectivity index (χ2v) is 3.95. The van der Waals surface area contributed by atoms with E-state index in [2.05, 4.69) is 6.66 Å². The summed E-state index contributed by atoms with van der Waals surface area (Å²) in [7, 11) is 4.28. The molecule has 0 aliphatic rings. The van der Waals surface area contributed by atoms with Gasteiger partial charge in [0.05, 0.1) is 0 Å². The van der Waals surface area contributed by atoms with Crippen molar-refractivity contribution in [2.24, 2.45) is 0 Å². The second-order valence-electron chi connectivity index (χ2n) is 2.70. The summed E-state index contributed by atoms with van der Waals surface area (Å²) in [5, 5.41) is 1.20. The van der Waals surface area contributed by atoms with Crippen LogP contribution < -0.4 is 0 Å². The summed E-state index contributed by atoms with van der Waals surface area (Å²) in [6.45, 7) is 5.98. The monoisotopic (exact) mass is 173 g/mol. The average Bonchev–Trinajstić information content (AvgIpc) is 2.00. The highest BCUT2D eigenvalue weighted by atomic mass is 31.1. The van der Waals surface area contributed by atoms with Crippen LogP contribution in [0.15, 0.2) is 10.9 Å². The molecule has 64 valence electrons. The molecule has 0 radical (unpaired) electrons. The van der Waals surface area contributed by atoms with E-state index < -0.39 is 0 Å². The highest BCUT2D eigenvalue weighted by Crippen LogP contribution is 2.22. The summed E-state index contributed by atoms with van der Waals surface area (Å²) >= 11 is 0. The van der Waals surface area contributed by atoms with Crippen molar-refractivity contribution in [2.45, 2.75) is 13.8 Å². The molecule has 0 aromatic rings. The Kier molecular flexibility index (Phi) is 4.36. The van der Waals surface area contributed by atoms with Gasteiger partial charge in [0.25, 0.3) is 0 Å². The van der Waals surface area contributed by atoms with Gasteiger partial charge in [0.15, 0.2) is 0 Å². The molecule has 0 rings (SSSR count). The fraction of sp³-hybridized carbons (Fsp3) is 0.625. The van der Waals surface area contributed by atoms with Crippen molar-refractivity contribution in [3.63, 3.8) is 0 Å². The molecular formula is C8H16NOP. The second kappa shape index (κ2) is 4.50. The molecule has 0 aliphatic carbocycles.